The third kappa shape index (κ3) is 2.22. The standard InChI is InChI=1S/C10H8F3N3O/c11-10(12,13)6-3-1-5(2-4-6)7-8(17)16-9(14)15-7/h1-4,7H,(H3,14,15,16,17). The molecule has 1 aliphatic heterocycles. The molecule has 90 valence electrons. The molecule has 1 aromatic rings. The fraction of sp³-hybridized carbons (Fsp3) is 0.200. The van der Waals surface area contributed by atoms with E-state index in [4.69, 9.17) is 5.73 Å². The molecule has 0 radical (unpaired) electrons. The third-order valence-electron chi connectivity index (χ3n) is 2.32. The predicted octanol–water partition coefficient (Wildman–Crippen LogP) is 1.19. The van der Waals surface area contributed by atoms with E-state index >= 15 is 0 Å². The number of rotatable bonds is 1. The maximum atomic E-state index is 12.3. The highest BCUT2D eigenvalue weighted by atomic mass is 19.4. The van der Waals surface area contributed by atoms with Gasteiger partial charge in [0, 0.05) is 0 Å². The number of alkyl halides is 3. The van der Waals surface area contributed by atoms with Gasteiger partial charge in [-0.15, -0.1) is 0 Å². The monoisotopic (exact) mass is 243 g/mol. The van der Waals surface area contributed by atoms with E-state index in [1.165, 1.54) is 12.1 Å². The van der Waals surface area contributed by atoms with Crippen LogP contribution in [0.3, 0.4) is 0 Å². The molecule has 0 saturated heterocycles. The van der Waals surface area contributed by atoms with E-state index in [1.807, 2.05) is 0 Å². The van der Waals surface area contributed by atoms with E-state index in [1.54, 1.807) is 0 Å². The number of amides is 1. The van der Waals surface area contributed by atoms with Gasteiger partial charge in [-0.2, -0.15) is 13.2 Å². The van der Waals surface area contributed by atoms with Gasteiger partial charge < -0.3 is 5.73 Å². The molecule has 1 heterocycles. The van der Waals surface area contributed by atoms with Crippen LogP contribution in [-0.4, -0.2) is 11.9 Å². The average Bonchev–Trinajstić information content (AvgIpc) is 2.57. The van der Waals surface area contributed by atoms with Crippen molar-refractivity contribution in [2.24, 2.45) is 10.7 Å². The zero-order valence-electron chi connectivity index (χ0n) is 8.45. The Hall–Kier alpha value is -2.05. The van der Waals surface area contributed by atoms with Crippen LogP contribution in [-0.2, 0) is 11.0 Å². The molecule has 1 atom stereocenters. The summed E-state index contributed by atoms with van der Waals surface area (Å²) in [6.45, 7) is 0. The first-order valence-electron chi connectivity index (χ1n) is 4.69. The van der Waals surface area contributed by atoms with Crippen LogP contribution in [0.4, 0.5) is 13.2 Å². The number of aliphatic imine (C=N–C) groups is 1. The van der Waals surface area contributed by atoms with Crippen molar-refractivity contribution in [2.45, 2.75) is 12.2 Å². The van der Waals surface area contributed by atoms with Gasteiger partial charge in [-0.05, 0) is 17.7 Å². The number of hydrogen-bond donors (Lipinski definition) is 2. The lowest BCUT2D eigenvalue weighted by Crippen LogP contribution is -2.31. The zero-order chi connectivity index (χ0) is 12.6. The lowest BCUT2D eigenvalue weighted by molar-refractivity contribution is -0.137. The Labute approximate surface area is 94.3 Å². The Morgan fingerprint density at radius 2 is 1.82 bits per heavy atom. The summed E-state index contributed by atoms with van der Waals surface area (Å²) in [6, 6.07) is 3.39. The second kappa shape index (κ2) is 3.76. The van der Waals surface area contributed by atoms with Crippen molar-refractivity contribution in [1.82, 2.24) is 5.32 Å². The largest absolute Gasteiger partial charge is 0.416 e. The number of guanidine groups is 1. The summed E-state index contributed by atoms with van der Waals surface area (Å²) in [7, 11) is 0. The lowest BCUT2D eigenvalue weighted by Gasteiger charge is -2.09. The smallest absolute Gasteiger partial charge is 0.370 e. The Bertz CT molecular complexity index is 479. The molecule has 1 aliphatic rings. The summed E-state index contributed by atoms with van der Waals surface area (Å²) in [4.78, 5) is 15.1. The van der Waals surface area contributed by atoms with E-state index in [9.17, 15) is 18.0 Å². The fourth-order valence-electron chi connectivity index (χ4n) is 1.50. The van der Waals surface area contributed by atoms with Gasteiger partial charge in [0.25, 0.3) is 5.91 Å². The quantitative estimate of drug-likeness (QED) is 0.778. The highest BCUT2D eigenvalue weighted by Gasteiger charge is 2.31. The first-order chi connectivity index (χ1) is 7.88. The lowest BCUT2D eigenvalue weighted by atomic mass is 10.1. The molecule has 0 aromatic heterocycles. The van der Waals surface area contributed by atoms with Gasteiger partial charge in [0.1, 0.15) is 0 Å². The van der Waals surface area contributed by atoms with Crippen molar-refractivity contribution in [1.29, 1.82) is 0 Å². The SMILES string of the molecule is NC1=NC(c2ccc(C(F)(F)F)cc2)C(=O)N1. The van der Waals surface area contributed by atoms with Crippen molar-refractivity contribution in [3.8, 4) is 0 Å². The number of hydrogen-bond acceptors (Lipinski definition) is 3. The van der Waals surface area contributed by atoms with E-state index in [0.717, 1.165) is 12.1 Å². The first kappa shape index (κ1) is 11.4. The molecule has 0 fully saturated rings. The van der Waals surface area contributed by atoms with Crippen LogP contribution in [0.1, 0.15) is 17.2 Å². The summed E-state index contributed by atoms with van der Waals surface area (Å²) >= 11 is 0. The molecular formula is C10H8F3N3O. The molecule has 17 heavy (non-hydrogen) atoms. The molecule has 0 bridgehead atoms. The molecule has 7 heteroatoms. The molecule has 1 aromatic carbocycles. The highest BCUT2D eigenvalue weighted by molar-refractivity contribution is 6.04. The molecule has 2 rings (SSSR count). The van der Waals surface area contributed by atoms with Crippen LogP contribution in [0.15, 0.2) is 29.3 Å². The summed E-state index contributed by atoms with van der Waals surface area (Å²) < 4.78 is 36.9. The summed E-state index contributed by atoms with van der Waals surface area (Å²) in [5.74, 6) is -0.470. The average molecular weight is 243 g/mol. The molecular weight excluding hydrogens is 235 g/mol. The summed E-state index contributed by atoms with van der Waals surface area (Å²) in [5.41, 5.74) is 4.89. The minimum Gasteiger partial charge on any atom is -0.370 e. The Kier molecular flexibility index (Phi) is 2.53. The van der Waals surface area contributed by atoms with Crippen LogP contribution in [0.25, 0.3) is 0 Å². The number of nitrogens with one attached hydrogen (secondary N) is 1. The third-order valence-corrected chi connectivity index (χ3v) is 2.32. The number of carbonyl (C=O) groups is 1. The normalized spacial score (nSPS) is 20.1. The topological polar surface area (TPSA) is 67.5 Å². The molecule has 0 spiro atoms. The van der Waals surface area contributed by atoms with Crippen molar-refractivity contribution < 1.29 is 18.0 Å². The molecule has 1 amide bonds. The van der Waals surface area contributed by atoms with Gasteiger partial charge >= 0.3 is 6.18 Å². The number of benzene rings is 1. The van der Waals surface area contributed by atoms with E-state index < -0.39 is 23.7 Å². The summed E-state index contributed by atoms with van der Waals surface area (Å²) in [5, 5.41) is 2.28. The number of carbonyl (C=O) groups excluding carboxylic acids is 1. The van der Waals surface area contributed by atoms with Crippen LogP contribution in [0.2, 0.25) is 0 Å². The number of halogens is 3. The van der Waals surface area contributed by atoms with Crippen LogP contribution in [0, 0.1) is 0 Å². The number of nitrogens with two attached hydrogens (primary N) is 1. The predicted molar refractivity (Wildman–Crippen MR) is 54.0 cm³/mol. The highest BCUT2D eigenvalue weighted by Crippen LogP contribution is 2.30. The van der Waals surface area contributed by atoms with E-state index in [-0.39, 0.29) is 5.96 Å². The van der Waals surface area contributed by atoms with E-state index in [2.05, 4.69) is 10.3 Å². The molecule has 0 saturated carbocycles. The van der Waals surface area contributed by atoms with Gasteiger partial charge in [-0.3, -0.25) is 10.1 Å². The molecule has 4 nitrogen and oxygen atoms in total. The minimum atomic E-state index is -4.39. The van der Waals surface area contributed by atoms with Crippen molar-refractivity contribution in [3.63, 3.8) is 0 Å². The Balaban J connectivity index is 2.28. The van der Waals surface area contributed by atoms with Crippen molar-refractivity contribution in [2.75, 3.05) is 0 Å². The summed E-state index contributed by atoms with van der Waals surface area (Å²) in [6.07, 6.45) is -4.39. The van der Waals surface area contributed by atoms with E-state index in [0.29, 0.717) is 5.56 Å². The Morgan fingerprint density at radius 3 is 2.24 bits per heavy atom. The van der Waals surface area contributed by atoms with Crippen LogP contribution >= 0.6 is 0 Å². The first-order valence-corrected chi connectivity index (χ1v) is 4.69. The molecule has 1 unspecified atom stereocenters. The second-order valence-corrected chi connectivity index (χ2v) is 3.53. The Morgan fingerprint density at radius 1 is 1.24 bits per heavy atom. The molecule has 0 aliphatic carbocycles. The van der Waals surface area contributed by atoms with Gasteiger partial charge in [-0.1, -0.05) is 12.1 Å². The fourth-order valence-corrected chi connectivity index (χ4v) is 1.50. The maximum Gasteiger partial charge on any atom is 0.416 e. The maximum absolute atomic E-state index is 12.3. The van der Waals surface area contributed by atoms with Gasteiger partial charge in [-0.25, -0.2) is 4.99 Å². The number of nitrogens with zero attached hydrogens (tertiary/aromatic N) is 1. The minimum absolute atomic E-state index is 0.0279. The van der Waals surface area contributed by atoms with Crippen LogP contribution in [0.5, 0.6) is 0 Å². The van der Waals surface area contributed by atoms with Gasteiger partial charge in [0.2, 0.25) is 0 Å². The van der Waals surface area contributed by atoms with Crippen LogP contribution < -0.4 is 11.1 Å². The van der Waals surface area contributed by atoms with Gasteiger partial charge in [0.15, 0.2) is 12.0 Å². The molecule has 3 N–H and O–H groups in total. The second-order valence-electron chi connectivity index (χ2n) is 3.53. The van der Waals surface area contributed by atoms with Gasteiger partial charge in [0.05, 0.1) is 5.56 Å². The van der Waals surface area contributed by atoms with Crippen molar-refractivity contribution in [3.05, 3.63) is 35.4 Å². The van der Waals surface area contributed by atoms with Crippen molar-refractivity contribution >= 4 is 11.9 Å². The zero-order valence-corrected chi connectivity index (χ0v) is 8.45.